The second-order valence-corrected chi connectivity index (χ2v) is 7.09. The molecule has 0 saturated carbocycles. The molecule has 1 aliphatic rings. The van der Waals surface area contributed by atoms with Crippen molar-refractivity contribution in [2.75, 3.05) is 30.5 Å². The number of hydrogen-bond acceptors (Lipinski definition) is 5. The number of benzene rings is 1. The van der Waals surface area contributed by atoms with Gasteiger partial charge in [0.05, 0.1) is 22.9 Å². The third-order valence-corrected chi connectivity index (χ3v) is 4.62. The first-order valence-corrected chi connectivity index (χ1v) is 8.21. The third-order valence-electron chi connectivity index (χ3n) is 3.51. The highest BCUT2D eigenvalue weighted by molar-refractivity contribution is 7.90. The highest BCUT2D eigenvalue weighted by Crippen LogP contribution is 2.26. The number of nitrogens with one attached hydrogen (secondary N) is 1. The second kappa shape index (κ2) is 5.38. The average molecular weight is 284 g/mol. The highest BCUT2D eigenvalue weighted by Gasteiger charge is 2.22. The first kappa shape index (κ1) is 14.1. The molecule has 5 nitrogen and oxygen atoms in total. The first-order chi connectivity index (χ1) is 8.88. The Bertz CT molecular complexity index is 551. The molecule has 0 spiro atoms. The van der Waals surface area contributed by atoms with E-state index in [2.05, 4.69) is 12.2 Å². The van der Waals surface area contributed by atoms with Crippen LogP contribution >= 0.6 is 0 Å². The largest absolute Gasteiger partial charge is 0.397 e. The number of sulfone groups is 1. The van der Waals surface area contributed by atoms with Crippen molar-refractivity contribution in [1.82, 2.24) is 0 Å². The molecule has 1 fully saturated rings. The lowest BCUT2D eigenvalue weighted by Crippen LogP contribution is -2.26. The molecule has 106 valence electrons. The van der Waals surface area contributed by atoms with Crippen molar-refractivity contribution in [3.8, 4) is 0 Å². The van der Waals surface area contributed by atoms with Gasteiger partial charge in [-0.1, -0.05) is 0 Å². The predicted octanol–water partition coefficient (Wildman–Crippen LogP) is 1.51. The van der Waals surface area contributed by atoms with Gasteiger partial charge >= 0.3 is 0 Å². The summed E-state index contributed by atoms with van der Waals surface area (Å²) in [7, 11) is -3.21. The van der Waals surface area contributed by atoms with Gasteiger partial charge in [0.25, 0.3) is 0 Å². The van der Waals surface area contributed by atoms with Gasteiger partial charge in [-0.25, -0.2) is 8.42 Å². The van der Waals surface area contributed by atoms with E-state index in [9.17, 15) is 8.42 Å². The Labute approximate surface area is 114 Å². The fraction of sp³-hybridized carbons (Fsp3) is 0.538. The zero-order valence-electron chi connectivity index (χ0n) is 11.2. The molecule has 1 heterocycles. The smallest absolute Gasteiger partial charge is 0.175 e. The quantitative estimate of drug-likeness (QED) is 0.819. The maximum Gasteiger partial charge on any atom is 0.175 e. The van der Waals surface area contributed by atoms with Crippen molar-refractivity contribution in [1.29, 1.82) is 0 Å². The molecule has 6 heteroatoms. The zero-order chi connectivity index (χ0) is 14.0. The summed E-state index contributed by atoms with van der Waals surface area (Å²) in [6.45, 7) is 3.65. The van der Waals surface area contributed by atoms with E-state index in [0.29, 0.717) is 11.6 Å². The van der Waals surface area contributed by atoms with E-state index >= 15 is 0 Å². The van der Waals surface area contributed by atoms with Crippen molar-refractivity contribution in [3.05, 3.63) is 18.2 Å². The summed E-state index contributed by atoms with van der Waals surface area (Å²) < 4.78 is 28.2. The minimum absolute atomic E-state index is 0.243. The Morgan fingerprint density at radius 2 is 2.21 bits per heavy atom. The molecule has 0 radical (unpaired) electrons. The van der Waals surface area contributed by atoms with Gasteiger partial charge in [-0.05, 0) is 31.5 Å². The summed E-state index contributed by atoms with van der Waals surface area (Å²) >= 11 is 0. The van der Waals surface area contributed by atoms with Crippen molar-refractivity contribution in [2.45, 2.75) is 24.3 Å². The Kier molecular flexibility index (Phi) is 4.01. The summed E-state index contributed by atoms with van der Waals surface area (Å²) in [6.07, 6.45) is 2.21. The molecule has 0 amide bonds. The van der Waals surface area contributed by atoms with Crippen molar-refractivity contribution < 1.29 is 13.2 Å². The lowest BCUT2D eigenvalue weighted by Gasteiger charge is -2.21. The minimum atomic E-state index is -3.21. The van der Waals surface area contributed by atoms with Gasteiger partial charge < -0.3 is 15.8 Å². The Morgan fingerprint density at radius 1 is 1.47 bits per heavy atom. The topological polar surface area (TPSA) is 81.4 Å². The predicted molar refractivity (Wildman–Crippen MR) is 76.0 cm³/mol. The number of nitrogens with two attached hydrogens (primary N) is 1. The summed E-state index contributed by atoms with van der Waals surface area (Å²) in [5.74, 6) is 0.467. The average Bonchev–Trinajstić information content (AvgIpc) is 2.84. The van der Waals surface area contributed by atoms with Gasteiger partial charge in [0.1, 0.15) is 0 Å². The van der Waals surface area contributed by atoms with Crippen molar-refractivity contribution >= 4 is 21.2 Å². The molecule has 1 saturated heterocycles. The van der Waals surface area contributed by atoms with Gasteiger partial charge in [-0.15, -0.1) is 0 Å². The monoisotopic (exact) mass is 284 g/mol. The van der Waals surface area contributed by atoms with Crippen LogP contribution in [0.3, 0.4) is 0 Å². The fourth-order valence-electron chi connectivity index (χ4n) is 2.21. The maximum atomic E-state index is 11.4. The van der Waals surface area contributed by atoms with Crippen LogP contribution in [0.2, 0.25) is 0 Å². The zero-order valence-corrected chi connectivity index (χ0v) is 12.0. The second-order valence-electron chi connectivity index (χ2n) is 5.08. The summed E-state index contributed by atoms with van der Waals surface area (Å²) in [4.78, 5) is 0.243. The van der Waals surface area contributed by atoms with E-state index < -0.39 is 9.84 Å². The summed E-state index contributed by atoms with van der Waals surface area (Å²) in [6, 6.07) is 5.04. The molecule has 0 bridgehead atoms. The van der Waals surface area contributed by atoms with Crippen LogP contribution in [0.5, 0.6) is 0 Å². The van der Waals surface area contributed by atoms with Crippen LogP contribution in [0.4, 0.5) is 11.4 Å². The maximum absolute atomic E-state index is 11.4. The van der Waals surface area contributed by atoms with E-state index in [1.807, 2.05) is 0 Å². The summed E-state index contributed by atoms with van der Waals surface area (Å²) in [5.41, 5.74) is 7.13. The lowest BCUT2D eigenvalue weighted by atomic mass is 10.0. The fourth-order valence-corrected chi connectivity index (χ4v) is 2.87. The Hall–Kier alpha value is -1.27. The molecule has 0 aliphatic carbocycles. The van der Waals surface area contributed by atoms with Crippen LogP contribution in [-0.4, -0.2) is 33.9 Å². The highest BCUT2D eigenvalue weighted by atomic mass is 32.2. The van der Waals surface area contributed by atoms with E-state index in [1.54, 1.807) is 12.1 Å². The molecule has 2 atom stereocenters. The van der Waals surface area contributed by atoms with Gasteiger partial charge in [0.2, 0.25) is 0 Å². The SMILES string of the molecule is CC(Nc1ccc(S(C)(=O)=O)cc1N)C1CCOC1. The molecule has 19 heavy (non-hydrogen) atoms. The van der Waals surface area contributed by atoms with Gasteiger partial charge in [-0.2, -0.15) is 0 Å². The number of rotatable bonds is 4. The van der Waals surface area contributed by atoms with Crippen LogP contribution in [0.15, 0.2) is 23.1 Å². The van der Waals surface area contributed by atoms with Crippen LogP contribution < -0.4 is 11.1 Å². The normalized spacial score (nSPS) is 21.3. The molecule has 1 aromatic rings. The number of hydrogen-bond donors (Lipinski definition) is 2. The summed E-state index contributed by atoms with van der Waals surface area (Å²) in [5, 5.41) is 3.33. The number of anilines is 2. The number of nitrogen functional groups attached to an aromatic ring is 1. The molecular formula is C13H20N2O3S. The van der Waals surface area contributed by atoms with Crippen LogP contribution in [0.25, 0.3) is 0 Å². The molecule has 2 rings (SSSR count). The molecule has 2 unspecified atom stereocenters. The van der Waals surface area contributed by atoms with Gasteiger partial charge in [0, 0.05) is 24.8 Å². The Balaban J connectivity index is 2.13. The molecule has 1 aromatic carbocycles. The van der Waals surface area contributed by atoms with Crippen molar-refractivity contribution in [3.63, 3.8) is 0 Å². The first-order valence-electron chi connectivity index (χ1n) is 6.32. The van der Waals surface area contributed by atoms with Gasteiger partial charge in [-0.3, -0.25) is 0 Å². The molecule has 1 aliphatic heterocycles. The van der Waals surface area contributed by atoms with Crippen LogP contribution in [0.1, 0.15) is 13.3 Å². The van der Waals surface area contributed by atoms with E-state index in [0.717, 1.165) is 25.3 Å². The van der Waals surface area contributed by atoms with E-state index in [4.69, 9.17) is 10.5 Å². The molecular weight excluding hydrogens is 264 g/mol. The van der Waals surface area contributed by atoms with E-state index in [1.165, 1.54) is 12.3 Å². The minimum Gasteiger partial charge on any atom is -0.397 e. The molecule has 0 aromatic heterocycles. The van der Waals surface area contributed by atoms with Crippen LogP contribution in [-0.2, 0) is 14.6 Å². The standard InChI is InChI=1S/C13H20N2O3S/c1-9(10-5-6-18-8-10)15-13-4-3-11(7-12(13)14)19(2,16)17/h3-4,7,9-10,15H,5-6,8,14H2,1-2H3. The van der Waals surface area contributed by atoms with Crippen LogP contribution in [0, 0.1) is 5.92 Å². The van der Waals surface area contributed by atoms with E-state index in [-0.39, 0.29) is 10.9 Å². The Morgan fingerprint density at radius 3 is 2.74 bits per heavy atom. The third kappa shape index (κ3) is 3.39. The molecule has 3 N–H and O–H groups in total. The lowest BCUT2D eigenvalue weighted by molar-refractivity contribution is 0.183. The van der Waals surface area contributed by atoms with Crippen molar-refractivity contribution in [2.24, 2.45) is 5.92 Å². The van der Waals surface area contributed by atoms with Gasteiger partial charge in [0.15, 0.2) is 9.84 Å². The number of ether oxygens (including phenoxy) is 1.